The number of hydrogen-bond donors (Lipinski definition) is 0. The van der Waals surface area contributed by atoms with Crippen LogP contribution in [0.25, 0.3) is 0 Å². The molecule has 0 N–H and O–H groups in total. The van der Waals surface area contributed by atoms with Crippen LogP contribution in [0.1, 0.15) is 15.9 Å². The first-order valence-corrected chi connectivity index (χ1v) is 10.6. The lowest BCUT2D eigenvalue weighted by molar-refractivity contribution is 0.0303. The smallest absolute Gasteiger partial charge is 0.254 e. The summed E-state index contributed by atoms with van der Waals surface area (Å²) in [5.41, 5.74) is 1.40. The van der Waals surface area contributed by atoms with Gasteiger partial charge in [0.15, 0.2) is 0 Å². The molecular weight excluding hydrogens is 376 g/mol. The largest absolute Gasteiger partial charge is 0.378 e. The van der Waals surface area contributed by atoms with Crippen LogP contribution >= 0.6 is 0 Å². The molecule has 6 nitrogen and oxygen atoms in total. The summed E-state index contributed by atoms with van der Waals surface area (Å²) in [7, 11) is -3.63. The number of morpholine rings is 1. The Morgan fingerprint density at radius 2 is 1.71 bits per heavy atom. The molecule has 1 fully saturated rings. The Hall–Kier alpha value is -2.48. The zero-order chi connectivity index (χ0) is 20.0. The number of benzene rings is 2. The molecule has 1 heterocycles. The van der Waals surface area contributed by atoms with Gasteiger partial charge >= 0.3 is 0 Å². The molecule has 1 aliphatic heterocycles. The number of nitrogens with zero attached hydrogens (tertiary/aromatic N) is 2. The summed E-state index contributed by atoms with van der Waals surface area (Å²) in [5.74, 6) is -0.0327. The van der Waals surface area contributed by atoms with E-state index >= 15 is 0 Å². The molecule has 1 aliphatic rings. The quantitative estimate of drug-likeness (QED) is 0.670. The number of amides is 1. The molecule has 0 bridgehead atoms. The molecule has 0 spiro atoms. The molecule has 3 rings (SSSR count). The molecule has 1 saturated heterocycles. The predicted octanol–water partition coefficient (Wildman–Crippen LogP) is 2.54. The van der Waals surface area contributed by atoms with Gasteiger partial charge in [0.05, 0.1) is 18.1 Å². The fourth-order valence-electron chi connectivity index (χ4n) is 3.04. The Labute approximate surface area is 166 Å². The number of rotatable bonds is 7. The first-order valence-electron chi connectivity index (χ1n) is 9.14. The van der Waals surface area contributed by atoms with Gasteiger partial charge in [0.2, 0.25) is 10.0 Å². The van der Waals surface area contributed by atoms with E-state index in [0.29, 0.717) is 31.9 Å². The highest BCUT2D eigenvalue weighted by atomic mass is 32.2. The highest BCUT2D eigenvalue weighted by molar-refractivity contribution is 7.89. The van der Waals surface area contributed by atoms with Crippen LogP contribution in [0.2, 0.25) is 0 Å². The lowest BCUT2D eigenvalue weighted by Gasteiger charge is -2.27. The lowest BCUT2D eigenvalue weighted by Crippen LogP contribution is -2.40. The normalized spacial score (nSPS) is 14.8. The van der Waals surface area contributed by atoms with Crippen LogP contribution in [-0.2, 0) is 21.3 Å². The van der Waals surface area contributed by atoms with Crippen molar-refractivity contribution in [1.29, 1.82) is 0 Å². The van der Waals surface area contributed by atoms with Crippen LogP contribution in [0.4, 0.5) is 0 Å². The number of carbonyl (C=O) groups is 1. The zero-order valence-corrected chi connectivity index (χ0v) is 16.5. The summed E-state index contributed by atoms with van der Waals surface area (Å²) < 4.78 is 32.5. The molecule has 148 valence electrons. The van der Waals surface area contributed by atoms with Crippen LogP contribution in [0.5, 0.6) is 0 Å². The van der Waals surface area contributed by atoms with Crippen molar-refractivity contribution in [3.63, 3.8) is 0 Å². The van der Waals surface area contributed by atoms with Gasteiger partial charge in [-0.15, -0.1) is 6.58 Å². The molecule has 0 aromatic heterocycles. The SMILES string of the molecule is C=CCN(Cc1ccc(C(=O)N2CCOCC2)cc1)S(=O)(=O)c1ccccc1. The van der Waals surface area contributed by atoms with Crippen molar-refractivity contribution < 1.29 is 17.9 Å². The van der Waals surface area contributed by atoms with Crippen molar-refractivity contribution >= 4 is 15.9 Å². The van der Waals surface area contributed by atoms with E-state index in [1.807, 2.05) is 0 Å². The summed E-state index contributed by atoms with van der Waals surface area (Å²) in [6.45, 7) is 6.35. The molecule has 2 aromatic carbocycles. The maximum atomic E-state index is 12.9. The van der Waals surface area contributed by atoms with Gasteiger partial charge in [-0.1, -0.05) is 36.4 Å². The Bertz CT molecular complexity index is 905. The van der Waals surface area contributed by atoms with E-state index in [-0.39, 0.29) is 23.9 Å². The van der Waals surface area contributed by atoms with Gasteiger partial charge in [0.25, 0.3) is 5.91 Å². The van der Waals surface area contributed by atoms with Crippen LogP contribution < -0.4 is 0 Å². The molecule has 1 amide bonds. The van der Waals surface area contributed by atoms with E-state index < -0.39 is 10.0 Å². The number of ether oxygens (including phenoxy) is 1. The summed E-state index contributed by atoms with van der Waals surface area (Å²) in [4.78, 5) is 14.5. The van der Waals surface area contributed by atoms with Gasteiger partial charge < -0.3 is 9.64 Å². The maximum Gasteiger partial charge on any atom is 0.254 e. The van der Waals surface area contributed by atoms with Gasteiger partial charge in [-0.2, -0.15) is 4.31 Å². The van der Waals surface area contributed by atoms with Crippen molar-refractivity contribution in [2.45, 2.75) is 11.4 Å². The van der Waals surface area contributed by atoms with Crippen LogP contribution in [0.15, 0.2) is 72.1 Å². The molecular formula is C21H24N2O4S. The van der Waals surface area contributed by atoms with E-state index in [0.717, 1.165) is 5.56 Å². The van der Waals surface area contributed by atoms with Crippen LogP contribution in [0, 0.1) is 0 Å². The van der Waals surface area contributed by atoms with Crippen molar-refractivity contribution in [2.75, 3.05) is 32.8 Å². The summed E-state index contributed by atoms with van der Waals surface area (Å²) in [6.07, 6.45) is 1.57. The van der Waals surface area contributed by atoms with Crippen molar-refractivity contribution in [2.24, 2.45) is 0 Å². The van der Waals surface area contributed by atoms with Gasteiger partial charge in [-0.25, -0.2) is 8.42 Å². The van der Waals surface area contributed by atoms with E-state index in [4.69, 9.17) is 4.74 Å². The fourth-order valence-corrected chi connectivity index (χ4v) is 4.46. The average Bonchev–Trinajstić information content (AvgIpc) is 2.74. The number of sulfonamides is 1. The summed E-state index contributed by atoms with van der Waals surface area (Å²) >= 11 is 0. The van der Waals surface area contributed by atoms with E-state index in [9.17, 15) is 13.2 Å². The molecule has 0 atom stereocenters. The lowest BCUT2D eigenvalue weighted by atomic mass is 10.1. The fraction of sp³-hybridized carbons (Fsp3) is 0.286. The topological polar surface area (TPSA) is 66.9 Å². The first kappa shape index (κ1) is 20.3. The monoisotopic (exact) mass is 400 g/mol. The molecule has 0 aliphatic carbocycles. The van der Waals surface area contributed by atoms with E-state index in [1.54, 1.807) is 65.6 Å². The summed E-state index contributed by atoms with van der Waals surface area (Å²) in [5, 5.41) is 0. The maximum absolute atomic E-state index is 12.9. The van der Waals surface area contributed by atoms with Crippen LogP contribution in [0.3, 0.4) is 0 Å². The highest BCUT2D eigenvalue weighted by Gasteiger charge is 2.24. The molecule has 0 radical (unpaired) electrons. The van der Waals surface area contributed by atoms with Gasteiger partial charge in [0, 0.05) is 31.7 Å². The minimum atomic E-state index is -3.63. The second kappa shape index (κ2) is 9.14. The third-order valence-electron chi connectivity index (χ3n) is 4.57. The molecule has 28 heavy (non-hydrogen) atoms. The Balaban J connectivity index is 1.75. The van der Waals surface area contributed by atoms with Crippen LogP contribution in [-0.4, -0.2) is 56.4 Å². The minimum Gasteiger partial charge on any atom is -0.378 e. The standard InChI is InChI=1S/C21H24N2O4S/c1-2-12-23(28(25,26)20-6-4-3-5-7-20)17-18-8-10-19(11-9-18)21(24)22-13-15-27-16-14-22/h2-11H,1,12-17H2. The zero-order valence-electron chi connectivity index (χ0n) is 15.7. The second-order valence-electron chi connectivity index (χ2n) is 6.50. The Kier molecular flexibility index (Phi) is 6.61. The second-order valence-corrected chi connectivity index (χ2v) is 8.44. The van der Waals surface area contributed by atoms with E-state index in [2.05, 4.69) is 6.58 Å². The predicted molar refractivity (Wildman–Crippen MR) is 107 cm³/mol. The minimum absolute atomic E-state index is 0.0327. The van der Waals surface area contributed by atoms with Crippen molar-refractivity contribution in [1.82, 2.24) is 9.21 Å². The van der Waals surface area contributed by atoms with Crippen molar-refractivity contribution in [3.8, 4) is 0 Å². The Morgan fingerprint density at radius 1 is 1.07 bits per heavy atom. The third kappa shape index (κ3) is 4.67. The number of carbonyl (C=O) groups excluding carboxylic acids is 1. The van der Waals surface area contributed by atoms with Gasteiger partial charge in [-0.05, 0) is 29.8 Å². The summed E-state index contributed by atoms with van der Waals surface area (Å²) in [6, 6.07) is 15.4. The molecule has 0 saturated carbocycles. The average molecular weight is 400 g/mol. The molecule has 0 unspecified atom stereocenters. The molecule has 7 heteroatoms. The number of hydrogen-bond acceptors (Lipinski definition) is 4. The van der Waals surface area contributed by atoms with Gasteiger partial charge in [-0.3, -0.25) is 4.79 Å². The van der Waals surface area contributed by atoms with E-state index in [1.165, 1.54) is 4.31 Å². The Morgan fingerprint density at radius 3 is 2.32 bits per heavy atom. The highest BCUT2D eigenvalue weighted by Crippen LogP contribution is 2.19. The van der Waals surface area contributed by atoms with Crippen molar-refractivity contribution in [3.05, 3.63) is 78.4 Å². The van der Waals surface area contributed by atoms with Gasteiger partial charge in [0.1, 0.15) is 0 Å². The third-order valence-corrected chi connectivity index (χ3v) is 6.40. The first-order chi connectivity index (χ1) is 13.5. The molecule has 2 aromatic rings.